The van der Waals surface area contributed by atoms with E-state index in [1.165, 1.54) is 5.56 Å². The maximum Gasteiger partial charge on any atom is 0.161 e. The lowest BCUT2D eigenvalue weighted by atomic mass is 10.2. The van der Waals surface area contributed by atoms with Gasteiger partial charge < -0.3 is 4.57 Å². The summed E-state index contributed by atoms with van der Waals surface area (Å²) in [5.41, 5.74) is 5.78. The van der Waals surface area contributed by atoms with E-state index in [1.54, 1.807) is 11.3 Å². The van der Waals surface area contributed by atoms with Gasteiger partial charge in [0.15, 0.2) is 5.82 Å². The number of imidazole rings is 1. The Morgan fingerprint density at radius 2 is 1.91 bits per heavy atom. The molecule has 0 aliphatic rings. The Morgan fingerprint density at radius 1 is 1.05 bits per heavy atom. The topological polar surface area (TPSA) is 30.7 Å². The normalized spacial score (nSPS) is 11.1. The molecule has 2 aromatic carbocycles. The summed E-state index contributed by atoms with van der Waals surface area (Å²) in [6, 6.07) is 16.2. The van der Waals surface area contributed by atoms with Crippen molar-refractivity contribution in [2.24, 2.45) is 0 Å². The second kappa shape index (κ2) is 5.55. The van der Waals surface area contributed by atoms with Crippen molar-refractivity contribution >= 4 is 34.0 Å². The Labute approximate surface area is 136 Å². The first kappa shape index (κ1) is 13.5. The third kappa shape index (κ3) is 2.30. The zero-order chi connectivity index (χ0) is 14.9. The molecule has 3 nitrogen and oxygen atoms in total. The van der Waals surface area contributed by atoms with Crippen molar-refractivity contribution in [2.45, 2.75) is 6.54 Å². The lowest BCUT2D eigenvalue weighted by molar-refractivity contribution is 0.831. The first-order chi connectivity index (χ1) is 10.8. The zero-order valence-electron chi connectivity index (χ0n) is 11.6. The molecule has 5 heteroatoms. The third-order valence-corrected chi connectivity index (χ3v) is 4.47. The molecule has 0 N–H and O–H groups in total. The van der Waals surface area contributed by atoms with Crippen molar-refractivity contribution < 1.29 is 0 Å². The molecule has 2 aromatic heterocycles. The summed E-state index contributed by atoms with van der Waals surface area (Å²) in [5, 5.41) is 2.68. The van der Waals surface area contributed by atoms with Crippen molar-refractivity contribution in [3.63, 3.8) is 0 Å². The Bertz CT molecular complexity index is 914. The quantitative estimate of drug-likeness (QED) is 0.538. The van der Waals surface area contributed by atoms with Crippen LogP contribution in [0.1, 0.15) is 5.56 Å². The monoisotopic (exact) mass is 325 g/mol. The molecular formula is C17H12ClN3S. The SMILES string of the molecule is Clc1cccc2c1nc(-c1cscn1)n2Cc1ccccc1. The van der Waals surface area contributed by atoms with E-state index < -0.39 is 0 Å². The van der Waals surface area contributed by atoms with E-state index in [0.29, 0.717) is 5.02 Å². The highest BCUT2D eigenvalue weighted by molar-refractivity contribution is 7.07. The number of benzene rings is 2. The van der Waals surface area contributed by atoms with Gasteiger partial charge in [0, 0.05) is 11.9 Å². The highest BCUT2D eigenvalue weighted by atomic mass is 35.5. The number of halogens is 1. The largest absolute Gasteiger partial charge is 0.318 e. The van der Waals surface area contributed by atoms with Gasteiger partial charge in [-0.1, -0.05) is 48.0 Å². The summed E-state index contributed by atoms with van der Waals surface area (Å²) in [4.78, 5) is 9.13. The smallest absolute Gasteiger partial charge is 0.161 e. The zero-order valence-corrected chi connectivity index (χ0v) is 13.2. The maximum absolute atomic E-state index is 6.31. The predicted molar refractivity (Wildman–Crippen MR) is 91.4 cm³/mol. The summed E-state index contributed by atoms with van der Waals surface area (Å²) in [6.07, 6.45) is 0. The molecule has 0 bridgehead atoms. The minimum atomic E-state index is 0.667. The maximum atomic E-state index is 6.31. The molecule has 0 radical (unpaired) electrons. The van der Waals surface area contributed by atoms with Crippen LogP contribution in [0.5, 0.6) is 0 Å². The number of hydrogen-bond acceptors (Lipinski definition) is 3. The summed E-state index contributed by atoms with van der Waals surface area (Å²) in [7, 11) is 0. The number of thiazole rings is 1. The predicted octanol–water partition coefficient (Wildman–Crippen LogP) is 4.86. The molecule has 22 heavy (non-hydrogen) atoms. The van der Waals surface area contributed by atoms with Gasteiger partial charge in [-0.2, -0.15) is 0 Å². The van der Waals surface area contributed by atoms with Crippen LogP contribution in [0.3, 0.4) is 0 Å². The Kier molecular flexibility index (Phi) is 3.41. The van der Waals surface area contributed by atoms with E-state index in [2.05, 4.69) is 21.7 Å². The van der Waals surface area contributed by atoms with Crippen molar-refractivity contribution in [1.82, 2.24) is 14.5 Å². The Hall–Kier alpha value is -2.17. The van der Waals surface area contributed by atoms with Gasteiger partial charge in [-0.25, -0.2) is 9.97 Å². The van der Waals surface area contributed by atoms with Crippen LogP contribution in [-0.2, 0) is 6.54 Å². The van der Waals surface area contributed by atoms with Gasteiger partial charge in [0.05, 0.1) is 16.0 Å². The van der Waals surface area contributed by atoms with E-state index in [0.717, 1.165) is 29.1 Å². The van der Waals surface area contributed by atoms with Crippen LogP contribution in [0.15, 0.2) is 59.4 Å². The molecule has 0 aliphatic carbocycles. The van der Waals surface area contributed by atoms with Gasteiger partial charge in [0.1, 0.15) is 11.2 Å². The fourth-order valence-electron chi connectivity index (χ4n) is 2.56. The van der Waals surface area contributed by atoms with Crippen LogP contribution < -0.4 is 0 Å². The molecule has 0 atom stereocenters. The van der Waals surface area contributed by atoms with Crippen molar-refractivity contribution in [2.75, 3.05) is 0 Å². The first-order valence-electron chi connectivity index (χ1n) is 6.90. The van der Waals surface area contributed by atoms with Crippen LogP contribution in [-0.4, -0.2) is 14.5 Å². The summed E-state index contributed by atoms with van der Waals surface area (Å²) >= 11 is 7.88. The standard InChI is InChI=1S/C17H12ClN3S/c18-13-7-4-8-15-16(13)20-17(14-10-22-11-19-14)21(15)9-12-5-2-1-3-6-12/h1-8,10-11H,9H2. The summed E-state index contributed by atoms with van der Waals surface area (Å²) in [5.74, 6) is 0.855. The number of aromatic nitrogens is 3. The Balaban J connectivity index is 1.94. The fraction of sp³-hybridized carbons (Fsp3) is 0.0588. The van der Waals surface area contributed by atoms with Gasteiger partial charge in [-0.15, -0.1) is 11.3 Å². The van der Waals surface area contributed by atoms with E-state index in [1.807, 2.05) is 47.3 Å². The molecule has 0 unspecified atom stereocenters. The van der Waals surface area contributed by atoms with Gasteiger partial charge in [-0.05, 0) is 17.7 Å². The average Bonchev–Trinajstić information content (AvgIpc) is 3.17. The lowest BCUT2D eigenvalue weighted by Gasteiger charge is -2.08. The third-order valence-electron chi connectivity index (χ3n) is 3.57. The van der Waals surface area contributed by atoms with E-state index in [4.69, 9.17) is 16.6 Å². The van der Waals surface area contributed by atoms with E-state index >= 15 is 0 Å². The molecular weight excluding hydrogens is 314 g/mol. The van der Waals surface area contributed by atoms with E-state index in [-0.39, 0.29) is 0 Å². The molecule has 0 fully saturated rings. The lowest BCUT2D eigenvalue weighted by Crippen LogP contribution is -2.02. The number of hydrogen-bond donors (Lipinski definition) is 0. The molecule has 2 heterocycles. The second-order valence-electron chi connectivity index (χ2n) is 4.99. The van der Waals surface area contributed by atoms with Crippen molar-refractivity contribution in [3.8, 4) is 11.5 Å². The highest BCUT2D eigenvalue weighted by Gasteiger charge is 2.16. The number of para-hydroxylation sites is 1. The van der Waals surface area contributed by atoms with Gasteiger partial charge >= 0.3 is 0 Å². The molecule has 108 valence electrons. The molecule has 4 aromatic rings. The summed E-state index contributed by atoms with van der Waals surface area (Å²) in [6.45, 7) is 0.741. The van der Waals surface area contributed by atoms with Crippen molar-refractivity contribution in [3.05, 3.63) is 70.0 Å². The molecule has 0 aliphatic heterocycles. The van der Waals surface area contributed by atoms with Crippen LogP contribution in [0.25, 0.3) is 22.6 Å². The molecule has 0 saturated heterocycles. The van der Waals surface area contributed by atoms with Crippen LogP contribution in [0.4, 0.5) is 0 Å². The minimum absolute atomic E-state index is 0.667. The number of nitrogens with zero attached hydrogens (tertiary/aromatic N) is 3. The van der Waals surface area contributed by atoms with Crippen LogP contribution in [0, 0.1) is 0 Å². The minimum Gasteiger partial charge on any atom is -0.318 e. The van der Waals surface area contributed by atoms with E-state index in [9.17, 15) is 0 Å². The van der Waals surface area contributed by atoms with Gasteiger partial charge in [0.25, 0.3) is 0 Å². The molecule has 0 saturated carbocycles. The van der Waals surface area contributed by atoms with Crippen LogP contribution >= 0.6 is 22.9 Å². The van der Waals surface area contributed by atoms with Gasteiger partial charge in [-0.3, -0.25) is 0 Å². The number of fused-ring (bicyclic) bond motifs is 1. The highest BCUT2D eigenvalue weighted by Crippen LogP contribution is 2.29. The molecule has 0 spiro atoms. The first-order valence-corrected chi connectivity index (χ1v) is 8.22. The molecule has 4 rings (SSSR count). The fourth-order valence-corrected chi connectivity index (χ4v) is 3.30. The second-order valence-corrected chi connectivity index (χ2v) is 6.11. The molecule has 0 amide bonds. The van der Waals surface area contributed by atoms with Crippen molar-refractivity contribution in [1.29, 1.82) is 0 Å². The Morgan fingerprint density at radius 3 is 2.68 bits per heavy atom. The average molecular weight is 326 g/mol. The van der Waals surface area contributed by atoms with Crippen LogP contribution in [0.2, 0.25) is 5.02 Å². The summed E-state index contributed by atoms with van der Waals surface area (Å²) < 4.78 is 2.17. The van der Waals surface area contributed by atoms with Gasteiger partial charge in [0.2, 0.25) is 0 Å². The number of rotatable bonds is 3.